The second kappa shape index (κ2) is 6.34. The lowest BCUT2D eigenvalue weighted by molar-refractivity contribution is -0.151. The molecule has 1 amide bonds. The van der Waals surface area contributed by atoms with Crippen LogP contribution in [-0.2, 0) is 15.1 Å². The van der Waals surface area contributed by atoms with E-state index in [-0.39, 0.29) is 12.0 Å². The third-order valence-electron chi connectivity index (χ3n) is 3.42. The number of halogens is 1. The van der Waals surface area contributed by atoms with E-state index in [1.54, 1.807) is 27.7 Å². The summed E-state index contributed by atoms with van der Waals surface area (Å²) in [6, 6.07) is 5.54. The Morgan fingerprint density at radius 2 is 1.82 bits per heavy atom. The number of carboxylic acids is 1. The highest BCUT2D eigenvalue weighted by atomic mass is 19.1. The minimum Gasteiger partial charge on any atom is -0.479 e. The summed E-state index contributed by atoms with van der Waals surface area (Å²) in [6.45, 7) is 6.62. The standard InChI is InChI=1S/C16H22FNO4/c1-6-16(13(19)20,11-9-7-8-10-12(11)17)18(5)14(21)22-15(2,3)4/h7-10H,6H2,1-5H3,(H,19,20). The number of nitrogens with zero attached hydrogens (tertiary/aromatic N) is 1. The first-order valence-electron chi connectivity index (χ1n) is 7.01. The van der Waals surface area contributed by atoms with Gasteiger partial charge in [-0.3, -0.25) is 4.90 Å². The van der Waals surface area contributed by atoms with Gasteiger partial charge in [0.1, 0.15) is 11.4 Å². The Morgan fingerprint density at radius 3 is 2.23 bits per heavy atom. The largest absolute Gasteiger partial charge is 0.479 e. The van der Waals surface area contributed by atoms with Gasteiger partial charge in [-0.15, -0.1) is 0 Å². The summed E-state index contributed by atoms with van der Waals surface area (Å²) >= 11 is 0. The van der Waals surface area contributed by atoms with E-state index in [1.165, 1.54) is 31.3 Å². The molecule has 0 fully saturated rings. The van der Waals surface area contributed by atoms with Gasteiger partial charge in [0, 0.05) is 12.6 Å². The Hall–Kier alpha value is -2.11. The maximum absolute atomic E-state index is 14.2. The van der Waals surface area contributed by atoms with Gasteiger partial charge in [0.05, 0.1) is 0 Å². The Balaban J connectivity index is 3.38. The number of benzene rings is 1. The van der Waals surface area contributed by atoms with E-state index in [0.29, 0.717) is 0 Å². The highest BCUT2D eigenvalue weighted by molar-refractivity contribution is 5.86. The summed E-state index contributed by atoms with van der Waals surface area (Å²) in [5, 5.41) is 9.70. The van der Waals surface area contributed by atoms with Gasteiger partial charge in [-0.05, 0) is 33.3 Å². The zero-order valence-electron chi connectivity index (χ0n) is 13.5. The molecule has 0 bridgehead atoms. The molecule has 6 heteroatoms. The van der Waals surface area contributed by atoms with Crippen LogP contribution in [0.4, 0.5) is 9.18 Å². The molecular weight excluding hydrogens is 289 g/mol. The number of aliphatic carboxylic acids is 1. The number of rotatable bonds is 4. The first-order chi connectivity index (χ1) is 10.1. The predicted octanol–water partition coefficient (Wildman–Crippen LogP) is 3.38. The lowest BCUT2D eigenvalue weighted by Crippen LogP contribution is -2.54. The minimum absolute atomic E-state index is 0.000983. The molecular formula is C16H22FNO4. The first kappa shape index (κ1) is 17.9. The van der Waals surface area contributed by atoms with Gasteiger partial charge in [-0.2, -0.15) is 0 Å². The van der Waals surface area contributed by atoms with Crippen molar-refractivity contribution in [2.45, 2.75) is 45.3 Å². The molecule has 1 atom stereocenters. The van der Waals surface area contributed by atoms with Crippen LogP contribution in [0.3, 0.4) is 0 Å². The van der Waals surface area contributed by atoms with Crippen LogP contribution in [-0.4, -0.2) is 34.7 Å². The molecule has 22 heavy (non-hydrogen) atoms. The number of carbonyl (C=O) groups excluding carboxylic acids is 1. The number of carbonyl (C=O) groups is 2. The molecule has 1 unspecified atom stereocenters. The molecule has 5 nitrogen and oxygen atoms in total. The molecule has 0 aliphatic carbocycles. The Bertz CT molecular complexity index is 568. The quantitative estimate of drug-likeness (QED) is 0.925. The van der Waals surface area contributed by atoms with Crippen molar-refractivity contribution in [3.05, 3.63) is 35.6 Å². The fourth-order valence-electron chi connectivity index (χ4n) is 2.30. The highest BCUT2D eigenvalue weighted by Gasteiger charge is 2.48. The average molecular weight is 311 g/mol. The van der Waals surface area contributed by atoms with Crippen LogP contribution in [0, 0.1) is 5.82 Å². The fraction of sp³-hybridized carbons (Fsp3) is 0.500. The number of carboxylic acid groups (broad SMARTS) is 1. The number of hydrogen-bond acceptors (Lipinski definition) is 3. The molecule has 0 spiro atoms. The van der Waals surface area contributed by atoms with Crippen LogP contribution in [0.25, 0.3) is 0 Å². The summed E-state index contributed by atoms with van der Waals surface area (Å²) in [7, 11) is 1.30. The second-order valence-electron chi connectivity index (χ2n) is 6.04. The second-order valence-corrected chi connectivity index (χ2v) is 6.04. The van der Waals surface area contributed by atoms with E-state index in [0.717, 1.165) is 4.90 Å². The number of ether oxygens (including phenoxy) is 1. The Labute approximate surface area is 129 Å². The topological polar surface area (TPSA) is 66.8 Å². The highest BCUT2D eigenvalue weighted by Crippen LogP contribution is 2.34. The molecule has 0 radical (unpaired) electrons. The Morgan fingerprint density at radius 1 is 1.27 bits per heavy atom. The van der Waals surface area contributed by atoms with Crippen molar-refractivity contribution < 1.29 is 23.8 Å². The molecule has 0 aliphatic heterocycles. The molecule has 0 saturated carbocycles. The summed E-state index contributed by atoms with van der Waals surface area (Å²) in [5.41, 5.74) is -2.68. The molecule has 0 saturated heterocycles. The number of hydrogen-bond donors (Lipinski definition) is 1. The maximum Gasteiger partial charge on any atom is 0.411 e. The van der Waals surface area contributed by atoms with Gasteiger partial charge in [-0.1, -0.05) is 25.1 Å². The zero-order valence-corrected chi connectivity index (χ0v) is 13.5. The third-order valence-corrected chi connectivity index (χ3v) is 3.42. The molecule has 1 aromatic carbocycles. The van der Waals surface area contributed by atoms with Gasteiger partial charge >= 0.3 is 12.1 Å². The number of likely N-dealkylation sites (N-methyl/N-ethyl adjacent to an activating group) is 1. The molecule has 122 valence electrons. The van der Waals surface area contributed by atoms with Crippen molar-refractivity contribution >= 4 is 12.1 Å². The predicted molar refractivity (Wildman–Crippen MR) is 80.0 cm³/mol. The van der Waals surface area contributed by atoms with Crippen LogP contribution in [0.15, 0.2) is 24.3 Å². The summed E-state index contributed by atoms with van der Waals surface area (Å²) < 4.78 is 19.4. The molecule has 1 N–H and O–H groups in total. The molecule has 1 rings (SSSR count). The maximum atomic E-state index is 14.2. The monoisotopic (exact) mass is 311 g/mol. The molecule has 1 aromatic rings. The molecule has 0 aromatic heterocycles. The normalized spacial score (nSPS) is 14.1. The van der Waals surface area contributed by atoms with E-state index in [2.05, 4.69) is 0 Å². The van der Waals surface area contributed by atoms with E-state index in [4.69, 9.17) is 4.74 Å². The van der Waals surface area contributed by atoms with E-state index in [1.807, 2.05) is 0 Å². The SMILES string of the molecule is CCC(C(=O)O)(c1ccccc1F)N(C)C(=O)OC(C)(C)C. The lowest BCUT2D eigenvalue weighted by Gasteiger charge is -2.38. The summed E-state index contributed by atoms with van der Waals surface area (Å²) in [5.74, 6) is -1.99. The number of amides is 1. The first-order valence-corrected chi connectivity index (χ1v) is 7.01. The van der Waals surface area contributed by atoms with Gasteiger partial charge in [0.2, 0.25) is 0 Å². The van der Waals surface area contributed by atoms with E-state index < -0.39 is 29.0 Å². The van der Waals surface area contributed by atoms with Gasteiger partial charge in [-0.25, -0.2) is 14.0 Å². The fourth-order valence-corrected chi connectivity index (χ4v) is 2.30. The van der Waals surface area contributed by atoms with Crippen molar-refractivity contribution in [2.75, 3.05) is 7.05 Å². The van der Waals surface area contributed by atoms with Crippen molar-refractivity contribution in [1.82, 2.24) is 4.90 Å². The van der Waals surface area contributed by atoms with Crippen LogP contribution in [0.5, 0.6) is 0 Å². The van der Waals surface area contributed by atoms with Crippen molar-refractivity contribution in [3.63, 3.8) is 0 Å². The van der Waals surface area contributed by atoms with Gasteiger partial charge in [0.15, 0.2) is 5.54 Å². The third kappa shape index (κ3) is 3.37. The van der Waals surface area contributed by atoms with Crippen molar-refractivity contribution in [1.29, 1.82) is 0 Å². The van der Waals surface area contributed by atoms with Crippen LogP contribution >= 0.6 is 0 Å². The minimum atomic E-state index is -1.83. The average Bonchev–Trinajstić information content (AvgIpc) is 2.39. The smallest absolute Gasteiger partial charge is 0.411 e. The lowest BCUT2D eigenvalue weighted by atomic mass is 9.85. The van der Waals surface area contributed by atoms with Gasteiger partial charge < -0.3 is 9.84 Å². The van der Waals surface area contributed by atoms with Crippen LogP contribution in [0.1, 0.15) is 39.7 Å². The van der Waals surface area contributed by atoms with E-state index >= 15 is 0 Å². The van der Waals surface area contributed by atoms with Gasteiger partial charge in [0.25, 0.3) is 0 Å². The molecule has 0 heterocycles. The van der Waals surface area contributed by atoms with E-state index in [9.17, 15) is 19.1 Å². The molecule has 0 aliphatic rings. The van der Waals surface area contributed by atoms with Crippen LogP contribution < -0.4 is 0 Å². The van der Waals surface area contributed by atoms with Crippen molar-refractivity contribution in [2.24, 2.45) is 0 Å². The van der Waals surface area contributed by atoms with Crippen LogP contribution in [0.2, 0.25) is 0 Å². The zero-order chi connectivity index (χ0) is 17.1. The summed E-state index contributed by atoms with van der Waals surface area (Å²) in [6.07, 6.45) is -0.820. The summed E-state index contributed by atoms with van der Waals surface area (Å²) in [4.78, 5) is 25.1. The Kier molecular flexibility index (Phi) is 5.17. The van der Waals surface area contributed by atoms with Crippen molar-refractivity contribution in [3.8, 4) is 0 Å².